The third-order valence-electron chi connectivity index (χ3n) is 4.17. The number of halogens is 3. The van der Waals surface area contributed by atoms with Crippen LogP contribution in [-0.2, 0) is 4.79 Å². The number of carbonyl (C=O) groups excluding carboxylic acids is 2. The number of rotatable bonds is 9. The molecule has 0 saturated heterocycles. The summed E-state index contributed by atoms with van der Waals surface area (Å²) in [6, 6.07) is 9.04. The van der Waals surface area contributed by atoms with Gasteiger partial charge in [-0.25, -0.2) is 5.43 Å². The third-order valence-corrected chi connectivity index (χ3v) is 5.21. The summed E-state index contributed by atoms with van der Waals surface area (Å²) < 4.78 is 6.29. The Hall–Kier alpha value is -2.53. The minimum atomic E-state index is -0.814. The molecule has 2 N–H and O–H groups in total. The predicted octanol–water partition coefficient (Wildman–Crippen LogP) is 5.06. The Kier molecular flexibility index (Phi) is 10.0. The number of nitrogens with one attached hydrogen (secondary N) is 2. The summed E-state index contributed by atoms with van der Waals surface area (Å²) in [5, 5.41) is 7.34. The second-order valence-corrected chi connectivity index (χ2v) is 8.95. The molecule has 6 nitrogen and oxygen atoms in total. The summed E-state index contributed by atoms with van der Waals surface area (Å²) in [6.45, 7) is 3.99. The van der Waals surface area contributed by atoms with E-state index in [0.29, 0.717) is 22.8 Å². The average molecular weight is 539 g/mol. The fraction of sp³-hybridized carbons (Fsp3) is 0.261. The molecule has 0 aliphatic carbocycles. The molecule has 0 saturated carbocycles. The van der Waals surface area contributed by atoms with Crippen LogP contribution in [0.1, 0.15) is 36.2 Å². The van der Waals surface area contributed by atoms with Crippen LogP contribution in [0, 0.1) is 18.3 Å². The van der Waals surface area contributed by atoms with Crippen molar-refractivity contribution < 1.29 is 14.3 Å². The molecular weight excluding hydrogens is 517 g/mol. The van der Waals surface area contributed by atoms with Crippen LogP contribution in [0.3, 0.4) is 0 Å². The van der Waals surface area contributed by atoms with Gasteiger partial charge >= 0.3 is 0 Å². The Balaban J connectivity index is 2.12. The predicted molar refractivity (Wildman–Crippen MR) is 131 cm³/mol. The molecule has 2 rings (SSSR count). The average Bonchev–Trinajstić information content (AvgIpc) is 2.72. The van der Waals surface area contributed by atoms with E-state index in [-0.39, 0.29) is 23.1 Å². The minimum Gasteiger partial charge on any atom is -0.480 e. The van der Waals surface area contributed by atoms with Crippen molar-refractivity contribution >= 4 is 57.2 Å². The number of ether oxygens (including phenoxy) is 1. The lowest BCUT2D eigenvalue weighted by molar-refractivity contribution is -0.123. The van der Waals surface area contributed by atoms with Gasteiger partial charge in [0, 0.05) is 15.1 Å². The molecule has 1 atom stereocenters. The molecular formula is C23H22BrCl2N3O3. The fourth-order valence-corrected chi connectivity index (χ4v) is 3.60. The summed E-state index contributed by atoms with van der Waals surface area (Å²) in [6.07, 6.45) is 7.10. The molecule has 0 fully saturated rings. The highest BCUT2D eigenvalue weighted by Gasteiger charge is 2.23. The molecule has 168 valence electrons. The molecule has 9 heteroatoms. The molecule has 0 unspecified atom stereocenters. The van der Waals surface area contributed by atoms with Gasteiger partial charge in [-0.2, -0.15) is 5.10 Å². The van der Waals surface area contributed by atoms with Crippen LogP contribution in [0.5, 0.6) is 5.75 Å². The van der Waals surface area contributed by atoms with E-state index >= 15 is 0 Å². The van der Waals surface area contributed by atoms with Gasteiger partial charge in [0.2, 0.25) is 0 Å². The summed E-state index contributed by atoms with van der Waals surface area (Å²) >= 11 is 15.4. The Morgan fingerprint density at radius 3 is 2.66 bits per heavy atom. The molecule has 0 aliphatic heterocycles. The SMILES string of the molecule is C#CCOc1ccc(Br)cc1/C=N\NC(=O)[C@@H](CC(C)C)NC(=O)c1ccc(Cl)cc1Cl. The van der Waals surface area contributed by atoms with Gasteiger partial charge in [0.15, 0.2) is 0 Å². The smallest absolute Gasteiger partial charge is 0.262 e. The second-order valence-electron chi connectivity index (χ2n) is 7.19. The number of nitrogens with zero attached hydrogens (tertiary/aromatic N) is 1. The van der Waals surface area contributed by atoms with E-state index in [0.717, 1.165) is 4.47 Å². The highest BCUT2D eigenvalue weighted by atomic mass is 79.9. The van der Waals surface area contributed by atoms with E-state index in [4.69, 9.17) is 34.4 Å². The van der Waals surface area contributed by atoms with Crippen LogP contribution in [0.4, 0.5) is 0 Å². The van der Waals surface area contributed by atoms with E-state index in [1.165, 1.54) is 18.3 Å². The molecule has 2 aromatic rings. The van der Waals surface area contributed by atoms with E-state index in [1.807, 2.05) is 13.8 Å². The highest BCUT2D eigenvalue weighted by Crippen LogP contribution is 2.22. The molecule has 0 heterocycles. The second kappa shape index (κ2) is 12.5. The van der Waals surface area contributed by atoms with Crippen LogP contribution in [-0.4, -0.2) is 30.7 Å². The zero-order valence-electron chi connectivity index (χ0n) is 17.5. The summed E-state index contributed by atoms with van der Waals surface area (Å²) in [5.41, 5.74) is 3.32. The lowest BCUT2D eigenvalue weighted by atomic mass is 10.0. The maximum absolute atomic E-state index is 12.7. The molecule has 0 spiro atoms. The van der Waals surface area contributed by atoms with E-state index in [9.17, 15) is 9.59 Å². The zero-order chi connectivity index (χ0) is 23.7. The maximum Gasteiger partial charge on any atom is 0.262 e. The summed E-state index contributed by atoms with van der Waals surface area (Å²) in [5.74, 6) is 2.12. The van der Waals surface area contributed by atoms with Crippen molar-refractivity contribution in [1.29, 1.82) is 0 Å². The number of hydrogen-bond donors (Lipinski definition) is 2. The number of terminal acetylenes is 1. The lowest BCUT2D eigenvalue weighted by Crippen LogP contribution is -2.46. The summed E-state index contributed by atoms with van der Waals surface area (Å²) in [7, 11) is 0. The molecule has 2 aromatic carbocycles. The molecule has 0 aromatic heterocycles. The van der Waals surface area contributed by atoms with Gasteiger partial charge in [-0.05, 0) is 48.7 Å². The fourth-order valence-electron chi connectivity index (χ4n) is 2.73. The Labute approximate surface area is 205 Å². The van der Waals surface area contributed by atoms with Gasteiger partial charge in [0.05, 0.1) is 16.8 Å². The molecule has 0 aliphatic rings. The number of benzene rings is 2. The van der Waals surface area contributed by atoms with Crippen LogP contribution >= 0.6 is 39.1 Å². The Morgan fingerprint density at radius 2 is 2.00 bits per heavy atom. The van der Waals surface area contributed by atoms with Crippen molar-refractivity contribution in [3.8, 4) is 18.1 Å². The number of carbonyl (C=O) groups is 2. The normalized spacial score (nSPS) is 11.8. The number of hydrogen-bond acceptors (Lipinski definition) is 4. The highest BCUT2D eigenvalue weighted by molar-refractivity contribution is 9.10. The number of hydrazone groups is 1. The topological polar surface area (TPSA) is 79.8 Å². The largest absolute Gasteiger partial charge is 0.480 e. The molecule has 2 amide bonds. The van der Waals surface area contributed by atoms with Gasteiger partial charge in [-0.15, -0.1) is 6.42 Å². The van der Waals surface area contributed by atoms with Crippen LogP contribution in [0.15, 0.2) is 46.0 Å². The quantitative estimate of drug-likeness (QED) is 0.266. The van der Waals surface area contributed by atoms with E-state index < -0.39 is 17.9 Å². The Bertz CT molecular complexity index is 1050. The van der Waals surface area contributed by atoms with Gasteiger partial charge in [-0.3, -0.25) is 9.59 Å². The molecule has 0 radical (unpaired) electrons. The molecule has 0 bridgehead atoms. The van der Waals surface area contributed by atoms with Crippen molar-refractivity contribution in [1.82, 2.24) is 10.7 Å². The van der Waals surface area contributed by atoms with Crippen LogP contribution in [0.2, 0.25) is 10.0 Å². The first kappa shape index (κ1) is 25.7. The van der Waals surface area contributed by atoms with Crippen molar-refractivity contribution in [3.63, 3.8) is 0 Å². The van der Waals surface area contributed by atoms with Gasteiger partial charge in [0.25, 0.3) is 11.8 Å². The van der Waals surface area contributed by atoms with Gasteiger partial charge in [0.1, 0.15) is 18.4 Å². The molecule has 32 heavy (non-hydrogen) atoms. The standard InChI is InChI=1S/C23H22BrCl2N3O3/c1-4-9-32-21-8-5-16(24)11-15(21)13-27-29-23(31)20(10-14(2)3)28-22(30)18-7-6-17(25)12-19(18)26/h1,5-8,11-14,20H,9-10H2,2-3H3,(H,28,30)(H,29,31)/b27-13-/t20-/m1/s1. The van der Waals surface area contributed by atoms with Crippen molar-refractivity contribution in [3.05, 3.63) is 62.0 Å². The van der Waals surface area contributed by atoms with Crippen molar-refractivity contribution in [2.24, 2.45) is 11.0 Å². The van der Waals surface area contributed by atoms with Crippen molar-refractivity contribution in [2.45, 2.75) is 26.3 Å². The van der Waals surface area contributed by atoms with E-state index in [2.05, 4.69) is 37.7 Å². The maximum atomic E-state index is 12.7. The van der Waals surface area contributed by atoms with Gasteiger partial charge in [-0.1, -0.05) is 58.9 Å². The van der Waals surface area contributed by atoms with Crippen LogP contribution in [0.25, 0.3) is 0 Å². The van der Waals surface area contributed by atoms with Crippen molar-refractivity contribution in [2.75, 3.05) is 6.61 Å². The monoisotopic (exact) mass is 537 g/mol. The first-order chi connectivity index (χ1) is 15.2. The van der Waals surface area contributed by atoms with Crippen LogP contribution < -0.4 is 15.5 Å². The first-order valence-corrected chi connectivity index (χ1v) is 11.2. The minimum absolute atomic E-state index is 0.102. The van der Waals surface area contributed by atoms with Gasteiger partial charge < -0.3 is 10.1 Å². The Morgan fingerprint density at radius 1 is 1.25 bits per heavy atom. The lowest BCUT2D eigenvalue weighted by Gasteiger charge is -2.19. The van der Waals surface area contributed by atoms with E-state index in [1.54, 1.807) is 24.3 Å². The zero-order valence-corrected chi connectivity index (χ0v) is 20.6. The third kappa shape index (κ3) is 7.86. The summed E-state index contributed by atoms with van der Waals surface area (Å²) in [4.78, 5) is 25.4. The number of amides is 2. The first-order valence-electron chi connectivity index (χ1n) is 9.66.